The number of benzene rings is 2. The van der Waals surface area contributed by atoms with Gasteiger partial charge in [0.2, 0.25) is 0 Å². The van der Waals surface area contributed by atoms with Crippen LogP contribution in [0, 0.1) is 11.8 Å². The van der Waals surface area contributed by atoms with Gasteiger partial charge in [-0.15, -0.1) is 0 Å². The highest BCUT2D eigenvalue weighted by molar-refractivity contribution is 6.30. The fraction of sp³-hybridized carbons (Fsp3) is 0.526. The van der Waals surface area contributed by atoms with Crippen molar-refractivity contribution in [3.8, 4) is 5.75 Å². The van der Waals surface area contributed by atoms with Gasteiger partial charge in [0.05, 0.1) is 31.4 Å². The van der Waals surface area contributed by atoms with E-state index in [1.165, 1.54) is 11.1 Å². The monoisotopic (exact) mass is 662 g/mol. The zero-order valence-corrected chi connectivity index (χ0v) is 28.8. The quantitative estimate of drug-likeness (QED) is 0.0988. The maximum atomic E-state index is 13.1. The zero-order chi connectivity index (χ0) is 33.8. The van der Waals surface area contributed by atoms with Crippen molar-refractivity contribution in [3.63, 3.8) is 0 Å². The first-order chi connectivity index (χ1) is 22.5. The number of aliphatic imine (C=N–C) groups is 1. The molecule has 0 N–H and O–H groups in total. The molecule has 1 amide bonds. The Morgan fingerprint density at radius 2 is 2.02 bits per heavy atom. The predicted molar refractivity (Wildman–Crippen MR) is 185 cm³/mol. The number of hydrogen-bond acceptors (Lipinski definition) is 7. The van der Waals surface area contributed by atoms with Crippen LogP contribution in [-0.4, -0.2) is 69.3 Å². The van der Waals surface area contributed by atoms with Crippen molar-refractivity contribution in [1.29, 1.82) is 0 Å². The van der Waals surface area contributed by atoms with Crippen LogP contribution in [0.4, 0.5) is 5.69 Å². The molecule has 4 atom stereocenters. The molecule has 8 nitrogen and oxygen atoms in total. The third-order valence-electron chi connectivity index (χ3n) is 10.3. The third-order valence-corrected chi connectivity index (χ3v) is 10.5. The lowest BCUT2D eigenvalue weighted by Gasteiger charge is -2.46. The number of halogens is 1. The highest BCUT2D eigenvalue weighted by Gasteiger charge is 2.44. The maximum Gasteiger partial charge on any atom is 0.276 e. The van der Waals surface area contributed by atoms with E-state index in [2.05, 4.69) is 28.7 Å². The van der Waals surface area contributed by atoms with Crippen molar-refractivity contribution in [2.24, 2.45) is 16.8 Å². The summed E-state index contributed by atoms with van der Waals surface area (Å²) in [5.74, 6) is 0.739. The van der Waals surface area contributed by atoms with E-state index in [0.717, 1.165) is 61.7 Å². The number of methoxy groups -OCH3 is 1. The van der Waals surface area contributed by atoms with Crippen molar-refractivity contribution in [2.75, 3.05) is 38.3 Å². The molecular weight excluding hydrogens is 616 g/mol. The second-order valence-electron chi connectivity index (χ2n) is 13.7. The fourth-order valence-corrected chi connectivity index (χ4v) is 7.52. The van der Waals surface area contributed by atoms with E-state index < -0.39 is 11.5 Å². The minimum atomic E-state index is -1.04. The lowest BCUT2D eigenvalue weighted by atomic mass is 9.68. The van der Waals surface area contributed by atoms with Gasteiger partial charge in [0.1, 0.15) is 17.1 Å². The van der Waals surface area contributed by atoms with Crippen LogP contribution in [0.2, 0.25) is 5.02 Å². The van der Waals surface area contributed by atoms with E-state index in [1.54, 1.807) is 33.9 Å². The molecule has 1 heterocycles. The standard InChI is InChI=1S/C38H47ClN2O6/c1-6-29(42)21-33(43)26-12-16-35-32(20-26)41(23-38(24-46-35)17-7-9-25-19-28(39)13-15-31(25)38)22-27-11-14-30(27)34(45-5)10-8-18-47-37(2,3)36(44)40-4/h8,10,12-13,15-16,19-20,27,30,34H,4,6-7,9,11,14,17-18,21-24H2,1-3,5H3/b10-8+/t27-,30+,34+,38-/m0/s1. The summed E-state index contributed by atoms with van der Waals surface area (Å²) in [6.07, 6.45) is 9.16. The number of ether oxygens (including phenoxy) is 3. The Kier molecular flexibility index (Phi) is 11.0. The lowest BCUT2D eigenvalue weighted by Crippen LogP contribution is -2.49. The van der Waals surface area contributed by atoms with Crippen LogP contribution in [0.3, 0.4) is 0 Å². The average Bonchev–Trinajstić information content (AvgIpc) is 3.20. The summed E-state index contributed by atoms with van der Waals surface area (Å²) in [5, 5.41) is 0.745. The molecule has 1 spiro atoms. The van der Waals surface area contributed by atoms with E-state index in [1.807, 2.05) is 30.4 Å². The van der Waals surface area contributed by atoms with Gasteiger partial charge >= 0.3 is 0 Å². The first kappa shape index (κ1) is 35.0. The fourth-order valence-electron chi connectivity index (χ4n) is 7.33. The summed E-state index contributed by atoms with van der Waals surface area (Å²) < 4.78 is 18.3. The van der Waals surface area contributed by atoms with Gasteiger partial charge in [-0.1, -0.05) is 36.7 Å². The molecule has 5 rings (SSSR count). The molecule has 47 heavy (non-hydrogen) atoms. The Labute approximate surface area is 283 Å². The topological polar surface area (TPSA) is 94.5 Å². The van der Waals surface area contributed by atoms with Crippen molar-refractivity contribution >= 4 is 41.5 Å². The van der Waals surface area contributed by atoms with Gasteiger partial charge in [0, 0.05) is 42.6 Å². The van der Waals surface area contributed by atoms with Crippen molar-refractivity contribution < 1.29 is 28.6 Å². The van der Waals surface area contributed by atoms with Crippen LogP contribution in [0.25, 0.3) is 0 Å². The molecule has 0 bridgehead atoms. The molecule has 0 saturated heterocycles. The molecule has 1 saturated carbocycles. The number of carbonyl (C=O) groups is 3. The lowest BCUT2D eigenvalue weighted by molar-refractivity contribution is -0.137. The number of nitrogens with zero attached hydrogens (tertiary/aromatic N) is 2. The summed E-state index contributed by atoms with van der Waals surface area (Å²) in [6, 6.07) is 11.8. The molecule has 1 aliphatic heterocycles. The molecule has 0 unspecified atom stereocenters. The molecular formula is C38H47ClN2O6. The molecule has 2 aromatic rings. The summed E-state index contributed by atoms with van der Waals surface area (Å²) >= 11 is 6.43. The Morgan fingerprint density at radius 1 is 1.21 bits per heavy atom. The number of anilines is 1. The van der Waals surface area contributed by atoms with Gasteiger partial charge < -0.3 is 19.1 Å². The first-order valence-electron chi connectivity index (χ1n) is 16.7. The molecule has 2 aliphatic carbocycles. The smallest absolute Gasteiger partial charge is 0.276 e. The number of Topliss-reactive ketones (excluding diaryl/α,β-unsaturated/α-hetero) is 2. The number of fused-ring (bicyclic) bond motifs is 3. The normalized spacial score (nSPS) is 22.9. The SMILES string of the molecule is C=NC(=O)C(C)(C)OC/C=C/[C@@H](OC)[C@@H]1CC[C@H]1CN1C[C@@]2(CCCc3cc(Cl)ccc32)COc2ccc(C(=O)CC(=O)CC)cc21. The van der Waals surface area contributed by atoms with E-state index >= 15 is 0 Å². The zero-order valence-electron chi connectivity index (χ0n) is 28.1. The summed E-state index contributed by atoms with van der Waals surface area (Å²) in [6.45, 7) is 10.8. The van der Waals surface area contributed by atoms with Crippen LogP contribution in [0.5, 0.6) is 5.75 Å². The van der Waals surface area contributed by atoms with Crippen LogP contribution in [0.15, 0.2) is 53.5 Å². The van der Waals surface area contributed by atoms with Crippen LogP contribution in [-0.2, 0) is 30.9 Å². The minimum absolute atomic E-state index is 0.0663. The summed E-state index contributed by atoms with van der Waals surface area (Å²) in [7, 11) is 1.73. The molecule has 252 valence electrons. The van der Waals surface area contributed by atoms with Crippen molar-refractivity contribution in [1.82, 2.24) is 0 Å². The summed E-state index contributed by atoms with van der Waals surface area (Å²) in [5.41, 5.74) is 2.70. The molecule has 0 aromatic heterocycles. The van der Waals surface area contributed by atoms with E-state index in [9.17, 15) is 14.4 Å². The number of rotatable bonds is 13. The van der Waals surface area contributed by atoms with Gasteiger partial charge in [0.15, 0.2) is 5.78 Å². The molecule has 9 heteroatoms. The Balaban J connectivity index is 1.41. The van der Waals surface area contributed by atoms with Crippen LogP contribution >= 0.6 is 11.6 Å². The van der Waals surface area contributed by atoms with Gasteiger partial charge in [-0.25, -0.2) is 4.99 Å². The van der Waals surface area contributed by atoms with Crippen LogP contribution in [0.1, 0.15) is 80.8 Å². The van der Waals surface area contributed by atoms with Gasteiger partial charge in [-0.2, -0.15) is 0 Å². The Hall–Kier alpha value is -3.33. The van der Waals surface area contributed by atoms with E-state index in [4.69, 9.17) is 25.8 Å². The Bertz CT molecular complexity index is 1540. The number of hydrogen-bond donors (Lipinski definition) is 0. The molecule has 0 radical (unpaired) electrons. The van der Waals surface area contributed by atoms with Crippen molar-refractivity contribution in [2.45, 2.75) is 82.8 Å². The first-order valence-corrected chi connectivity index (χ1v) is 17.1. The highest BCUT2D eigenvalue weighted by Crippen LogP contribution is 2.47. The summed E-state index contributed by atoms with van der Waals surface area (Å²) in [4.78, 5) is 43.2. The molecule has 2 aromatic carbocycles. The van der Waals surface area contributed by atoms with Crippen LogP contribution < -0.4 is 9.64 Å². The number of carbonyl (C=O) groups excluding carboxylic acids is 3. The second-order valence-corrected chi connectivity index (χ2v) is 14.1. The van der Waals surface area contributed by atoms with Gasteiger partial charge in [0.25, 0.3) is 5.91 Å². The van der Waals surface area contributed by atoms with Gasteiger partial charge in [-0.3, -0.25) is 14.4 Å². The maximum absolute atomic E-state index is 13.1. The molecule has 3 aliphatic rings. The van der Waals surface area contributed by atoms with Crippen molar-refractivity contribution in [3.05, 3.63) is 70.3 Å². The number of aryl methyl sites for hydroxylation is 1. The Morgan fingerprint density at radius 3 is 2.72 bits per heavy atom. The number of ketones is 2. The minimum Gasteiger partial charge on any atom is -0.490 e. The second kappa shape index (κ2) is 14.8. The third kappa shape index (κ3) is 7.71. The number of amides is 1. The predicted octanol–water partition coefficient (Wildman–Crippen LogP) is 6.98. The van der Waals surface area contributed by atoms with Gasteiger partial charge in [-0.05, 0) is 106 Å². The molecule has 1 fully saturated rings. The van der Waals surface area contributed by atoms with E-state index in [-0.39, 0.29) is 42.0 Å². The largest absolute Gasteiger partial charge is 0.490 e. The van der Waals surface area contributed by atoms with E-state index in [0.29, 0.717) is 24.5 Å². The highest BCUT2D eigenvalue weighted by atomic mass is 35.5. The average molecular weight is 663 g/mol.